The maximum absolute atomic E-state index is 11.7. The molecule has 0 heterocycles. The van der Waals surface area contributed by atoms with E-state index in [1.54, 1.807) is 32.9 Å². The maximum atomic E-state index is 11.7. The van der Waals surface area contributed by atoms with Crippen LogP contribution in [0.4, 0.5) is 0 Å². The predicted octanol–water partition coefficient (Wildman–Crippen LogP) is 3.15. The minimum atomic E-state index is -1.61. The molecule has 5 heteroatoms. The molecule has 0 atom stereocenters. The minimum absolute atomic E-state index is 0.417. The molecule has 0 N–H and O–H groups in total. The van der Waals surface area contributed by atoms with Gasteiger partial charge in [-0.15, -0.1) is 6.58 Å². The minimum Gasteiger partial charge on any atom is -0.263 e. The maximum Gasteiger partial charge on any atom is 0.376 e. The Balaban J connectivity index is 2.65. The second-order valence-corrected chi connectivity index (χ2v) is 10.6. The smallest absolute Gasteiger partial charge is 0.263 e. The fourth-order valence-corrected chi connectivity index (χ4v) is 2.61. The summed E-state index contributed by atoms with van der Waals surface area (Å²) in [5, 5.41) is 5.68. The Hall–Kier alpha value is -1.43. The molecular weight excluding hydrogens is 272 g/mol. The van der Waals surface area contributed by atoms with Gasteiger partial charge < -0.3 is 0 Å². The highest BCUT2D eigenvalue weighted by atomic mass is 28.3. The van der Waals surface area contributed by atoms with E-state index in [2.05, 4.69) is 29.6 Å². The summed E-state index contributed by atoms with van der Waals surface area (Å²) in [6.45, 7) is 13.6. The lowest BCUT2D eigenvalue weighted by Gasteiger charge is -2.18. The van der Waals surface area contributed by atoms with Crippen LogP contribution in [0.5, 0.6) is 0 Å². The highest BCUT2D eigenvalue weighted by Crippen LogP contribution is 2.10. The first-order valence-electron chi connectivity index (χ1n) is 6.46. The van der Waals surface area contributed by atoms with E-state index in [9.17, 15) is 4.79 Å². The summed E-state index contributed by atoms with van der Waals surface area (Å²) in [5.41, 5.74) is 1.88. The summed E-state index contributed by atoms with van der Waals surface area (Å²) in [6, 6.07) is 7.29. The lowest BCUT2D eigenvalue weighted by atomic mass is 10.2. The van der Waals surface area contributed by atoms with Crippen molar-refractivity contribution in [3.63, 3.8) is 0 Å². The quantitative estimate of drug-likeness (QED) is 0.475. The Labute approximate surface area is 121 Å². The fourth-order valence-electron chi connectivity index (χ4n) is 1.35. The van der Waals surface area contributed by atoms with Crippen molar-refractivity contribution >= 4 is 19.2 Å². The van der Waals surface area contributed by atoms with Gasteiger partial charge >= 0.3 is 5.97 Å². The monoisotopic (exact) mass is 294 g/mol. The molecule has 1 aromatic carbocycles. The molecule has 20 heavy (non-hydrogen) atoms. The van der Waals surface area contributed by atoms with Gasteiger partial charge in [-0.25, -0.2) is 4.79 Å². The third-order valence-electron chi connectivity index (χ3n) is 2.77. The van der Waals surface area contributed by atoms with Crippen molar-refractivity contribution in [2.24, 2.45) is 0 Å². The van der Waals surface area contributed by atoms with Crippen LogP contribution in [0, 0.1) is 0 Å². The molecule has 4 nitrogen and oxygen atoms in total. The molecule has 1 rings (SSSR count). The summed E-state index contributed by atoms with van der Waals surface area (Å²) >= 11 is 0. The molecule has 0 radical (unpaired) electrons. The van der Waals surface area contributed by atoms with Gasteiger partial charge in [-0.3, -0.25) is 4.89 Å². The first-order valence-corrected chi connectivity index (χ1v) is 9.54. The lowest BCUT2D eigenvalue weighted by Crippen LogP contribution is -2.39. The number of carbonyl (C=O) groups excluding carboxylic acids is 1. The van der Waals surface area contributed by atoms with Crippen molar-refractivity contribution in [1.29, 1.82) is 0 Å². The van der Waals surface area contributed by atoms with Gasteiger partial charge in [0.2, 0.25) is 0 Å². The van der Waals surface area contributed by atoms with Crippen LogP contribution >= 0.6 is 0 Å². The van der Waals surface area contributed by atoms with Crippen molar-refractivity contribution < 1.29 is 19.6 Å². The van der Waals surface area contributed by atoms with Gasteiger partial charge in [-0.05, 0) is 37.9 Å². The van der Waals surface area contributed by atoms with E-state index in [1.165, 1.54) is 5.19 Å². The van der Waals surface area contributed by atoms with Crippen LogP contribution in [0.2, 0.25) is 13.1 Å². The van der Waals surface area contributed by atoms with Crippen LogP contribution in [-0.4, -0.2) is 19.6 Å². The molecule has 0 fully saturated rings. The van der Waals surface area contributed by atoms with Crippen molar-refractivity contribution in [1.82, 2.24) is 0 Å². The van der Waals surface area contributed by atoms with Gasteiger partial charge in [0.15, 0.2) is 0 Å². The molecule has 0 bridgehead atoms. The molecule has 0 aliphatic heterocycles. The molecule has 110 valence electrons. The number of hydrogen-bond acceptors (Lipinski definition) is 4. The van der Waals surface area contributed by atoms with E-state index in [0.29, 0.717) is 5.56 Å². The average Bonchev–Trinajstić information content (AvgIpc) is 2.37. The van der Waals surface area contributed by atoms with Crippen LogP contribution < -0.4 is 5.19 Å². The SMILES string of the molecule is C=C[Si](C)(C)c1ccc(C(=O)OOOC(C)(C)C)cc1. The Morgan fingerprint density at radius 1 is 1.20 bits per heavy atom. The van der Waals surface area contributed by atoms with Gasteiger partial charge in [0.1, 0.15) is 8.07 Å². The molecule has 0 spiro atoms. The highest BCUT2D eigenvalue weighted by molar-refractivity contribution is 6.93. The van der Waals surface area contributed by atoms with Crippen LogP contribution in [0.15, 0.2) is 36.5 Å². The second-order valence-electron chi connectivity index (χ2n) is 6.14. The number of hydrogen-bond donors (Lipinski definition) is 0. The van der Waals surface area contributed by atoms with Crippen molar-refractivity contribution in [2.45, 2.75) is 39.5 Å². The average molecular weight is 294 g/mol. The Bertz CT molecular complexity index is 472. The Morgan fingerprint density at radius 3 is 2.20 bits per heavy atom. The highest BCUT2D eigenvalue weighted by Gasteiger charge is 2.20. The summed E-state index contributed by atoms with van der Waals surface area (Å²) in [6.07, 6.45) is 0. The zero-order chi connectivity index (χ0) is 15.4. The summed E-state index contributed by atoms with van der Waals surface area (Å²) < 4.78 is 0. The first kappa shape index (κ1) is 16.6. The molecule has 0 aliphatic carbocycles. The molecular formula is C15H22O4Si. The van der Waals surface area contributed by atoms with Crippen LogP contribution in [0.25, 0.3) is 0 Å². The Kier molecular flexibility index (Phi) is 5.27. The first-order chi connectivity index (χ1) is 9.15. The topological polar surface area (TPSA) is 44.8 Å². The molecule has 0 amide bonds. The standard InChI is InChI=1S/C15H22O4Si/c1-7-20(5,6)13-10-8-12(9-11-13)14(16)17-19-18-15(2,3)4/h7-11H,1H2,2-6H3. The van der Waals surface area contributed by atoms with Gasteiger partial charge in [-0.1, -0.05) is 36.1 Å². The largest absolute Gasteiger partial charge is 0.376 e. The summed E-state index contributed by atoms with van der Waals surface area (Å²) in [5.74, 6) is -0.584. The van der Waals surface area contributed by atoms with Gasteiger partial charge in [0.25, 0.3) is 0 Å². The van der Waals surface area contributed by atoms with E-state index >= 15 is 0 Å². The summed E-state index contributed by atoms with van der Waals surface area (Å²) in [4.78, 5) is 21.2. The van der Waals surface area contributed by atoms with E-state index in [-0.39, 0.29) is 0 Å². The molecule has 0 aliphatic rings. The number of carbonyl (C=O) groups is 1. The van der Waals surface area contributed by atoms with Gasteiger partial charge in [-0.2, -0.15) is 4.89 Å². The zero-order valence-corrected chi connectivity index (χ0v) is 13.7. The normalized spacial score (nSPS) is 12.1. The lowest BCUT2D eigenvalue weighted by molar-refractivity contribution is -0.510. The van der Waals surface area contributed by atoms with Crippen LogP contribution in [0.3, 0.4) is 0 Å². The van der Waals surface area contributed by atoms with Crippen molar-refractivity contribution in [3.05, 3.63) is 42.1 Å². The molecule has 1 aromatic rings. The predicted molar refractivity (Wildman–Crippen MR) is 81.1 cm³/mol. The van der Waals surface area contributed by atoms with E-state index in [1.807, 2.05) is 17.8 Å². The molecule has 0 aromatic heterocycles. The third kappa shape index (κ3) is 4.92. The number of benzene rings is 1. The second kappa shape index (κ2) is 6.34. The zero-order valence-electron chi connectivity index (χ0n) is 12.7. The molecule has 0 saturated carbocycles. The van der Waals surface area contributed by atoms with Crippen molar-refractivity contribution in [2.75, 3.05) is 0 Å². The van der Waals surface area contributed by atoms with Crippen LogP contribution in [0.1, 0.15) is 31.1 Å². The summed E-state index contributed by atoms with van der Waals surface area (Å²) in [7, 11) is -1.61. The third-order valence-corrected chi connectivity index (χ3v) is 5.61. The van der Waals surface area contributed by atoms with E-state index < -0.39 is 19.6 Å². The fraction of sp³-hybridized carbons (Fsp3) is 0.400. The van der Waals surface area contributed by atoms with E-state index in [0.717, 1.165) is 0 Å². The molecule has 0 saturated heterocycles. The Morgan fingerprint density at radius 2 is 1.75 bits per heavy atom. The van der Waals surface area contributed by atoms with Gasteiger partial charge in [0, 0.05) is 0 Å². The number of rotatable bonds is 5. The van der Waals surface area contributed by atoms with E-state index in [4.69, 9.17) is 4.89 Å². The van der Waals surface area contributed by atoms with Gasteiger partial charge in [0.05, 0.1) is 11.2 Å². The molecule has 0 unspecified atom stereocenters. The van der Waals surface area contributed by atoms with Crippen molar-refractivity contribution in [3.8, 4) is 0 Å². The van der Waals surface area contributed by atoms with Crippen LogP contribution in [-0.2, 0) is 14.8 Å².